The number of esters is 1. The van der Waals surface area contributed by atoms with Crippen molar-refractivity contribution in [2.24, 2.45) is 10.9 Å². The number of hydrogen-bond acceptors (Lipinski definition) is 5. The van der Waals surface area contributed by atoms with E-state index in [1.54, 1.807) is 0 Å². The summed E-state index contributed by atoms with van der Waals surface area (Å²) in [4.78, 5) is 16.6. The molecule has 1 rings (SSSR count). The van der Waals surface area contributed by atoms with Gasteiger partial charge in [0.2, 0.25) is 0 Å². The smallest absolute Gasteiger partial charge is 0.323 e. The van der Waals surface area contributed by atoms with E-state index >= 15 is 0 Å². The Morgan fingerprint density at radius 2 is 2.38 bits per heavy atom. The second kappa shape index (κ2) is 5.14. The Balaban J connectivity index is 2.35. The second-order valence-electron chi connectivity index (χ2n) is 4.77. The van der Waals surface area contributed by atoms with Crippen LogP contribution in [0, 0.1) is 0 Å². The van der Waals surface area contributed by atoms with E-state index in [-0.39, 0.29) is 6.10 Å². The summed E-state index contributed by atoms with van der Waals surface area (Å²) in [5, 5.41) is 3.73. The molecule has 0 saturated heterocycles. The highest BCUT2D eigenvalue weighted by Crippen LogP contribution is 2.19. The molecule has 0 radical (unpaired) electrons. The molecule has 0 spiro atoms. The SMILES string of the molecule is CC(C)(C)OC(=O)[C@H](N)CC1CC(Br)=NO1. The van der Waals surface area contributed by atoms with Gasteiger partial charge in [-0.2, -0.15) is 0 Å². The van der Waals surface area contributed by atoms with Gasteiger partial charge in [-0.05, 0) is 36.7 Å². The van der Waals surface area contributed by atoms with E-state index in [1.165, 1.54) is 0 Å². The number of carbonyl (C=O) groups is 1. The molecule has 1 aliphatic heterocycles. The van der Waals surface area contributed by atoms with Crippen LogP contribution in [0.4, 0.5) is 0 Å². The molecule has 0 amide bonds. The Bertz CT molecular complexity index is 299. The summed E-state index contributed by atoms with van der Waals surface area (Å²) in [5.41, 5.74) is 5.22. The van der Waals surface area contributed by atoms with Gasteiger partial charge in [0.1, 0.15) is 22.4 Å². The number of nitrogens with zero attached hydrogens (tertiary/aromatic N) is 1. The summed E-state index contributed by atoms with van der Waals surface area (Å²) >= 11 is 3.22. The second-order valence-corrected chi connectivity index (χ2v) is 5.69. The molecule has 0 aliphatic carbocycles. The lowest BCUT2D eigenvalue weighted by molar-refractivity contribution is -0.157. The zero-order chi connectivity index (χ0) is 12.3. The van der Waals surface area contributed by atoms with Crippen LogP contribution in [-0.2, 0) is 14.4 Å². The highest BCUT2D eigenvalue weighted by molar-refractivity contribution is 9.18. The first-order valence-electron chi connectivity index (χ1n) is 5.14. The van der Waals surface area contributed by atoms with Crippen molar-refractivity contribution in [2.45, 2.75) is 51.4 Å². The van der Waals surface area contributed by atoms with E-state index in [4.69, 9.17) is 15.3 Å². The molecule has 1 aliphatic rings. The average molecular weight is 293 g/mol. The van der Waals surface area contributed by atoms with E-state index in [0.29, 0.717) is 12.8 Å². The third-order valence-corrected chi connectivity index (χ3v) is 2.39. The van der Waals surface area contributed by atoms with Crippen LogP contribution < -0.4 is 5.73 Å². The Morgan fingerprint density at radius 1 is 1.75 bits per heavy atom. The third-order valence-electron chi connectivity index (χ3n) is 1.92. The van der Waals surface area contributed by atoms with Crippen LogP contribution in [0.5, 0.6) is 0 Å². The standard InChI is InChI=1S/C10H17BrN2O3/c1-10(2,3)15-9(14)7(12)4-6-5-8(11)13-16-6/h6-7H,4-5,12H2,1-3H3/t6?,7-/m1/s1. The fourth-order valence-electron chi connectivity index (χ4n) is 1.28. The molecule has 0 saturated carbocycles. The van der Waals surface area contributed by atoms with Crippen molar-refractivity contribution >= 4 is 26.5 Å². The molecular weight excluding hydrogens is 276 g/mol. The van der Waals surface area contributed by atoms with Crippen molar-refractivity contribution in [1.29, 1.82) is 0 Å². The summed E-state index contributed by atoms with van der Waals surface area (Å²) in [6.07, 6.45) is 0.918. The van der Waals surface area contributed by atoms with Gasteiger partial charge in [0.25, 0.3) is 0 Å². The van der Waals surface area contributed by atoms with Crippen LogP contribution in [0.15, 0.2) is 5.16 Å². The summed E-state index contributed by atoms with van der Waals surface area (Å²) in [5.74, 6) is -0.404. The Kier molecular flexibility index (Phi) is 4.32. The highest BCUT2D eigenvalue weighted by atomic mass is 79.9. The average Bonchev–Trinajstić information content (AvgIpc) is 2.48. The summed E-state index contributed by atoms with van der Waals surface area (Å²) in [7, 11) is 0. The van der Waals surface area contributed by atoms with Gasteiger partial charge in [-0.25, -0.2) is 0 Å². The van der Waals surface area contributed by atoms with Crippen LogP contribution in [-0.4, -0.2) is 28.3 Å². The van der Waals surface area contributed by atoms with Crippen molar-refractivity contribution in [1.82, 2.24) is 0 Å². The maximum absolute atomic E-state index is 11.6. The van der Waals surface area contributed by atoms with Crippen LogP contribution in [0.3, 0.4) is 0 Å². The van der Waals surface area contributed by atoms with Gasteiger partial charge in [0.05, 0.1) is 0 Å². The molecule has 2 atom stereocenters. The molecule has 2 N–H and O–H groups in total. The summed E-state index contributed by atoms with van der Waals surface area (Å²) in [6, 6.07) is -0.669. The normalized spacial score (nSPS) is 22.3. The van der Waals surface area contributed by atoms with Crippen molar-refractivity contribution in [3.05, 3.63) is 0 Å². The largest absolute Gasteiger partial charge is 0.459 e. The number of nitrogens with two attached hydrogens (primary N) is 1. The Labute approximate surface area is 103 Å². The molecule has 0 aromatic carbocycles. The molecule has 0 bridgehead atoms. The van der Waals surface area contributed by atoms with Gasteiger partial charge in [-0.15, -0.1) is 0 Å². The van der Waals surface area contributed by atoms with Crippen molar-refractivity contribution in [3.63, 3.8) is 0 Å². The topological polar surface area (TPSA) is 73.9 Å². The molecule has 0 fully saturated rings. The van der Waals surface area contributed by atoms with Gasteiger partial charge >= 0.3 is 5.97 Å². The van der Waals surface area contributed by atoms with Gasteiger partial charge in [-0.1, -0.05) is 5.16 Å². The third kappa shape index (κ3) is 4.49. The number of hydrogen-bond donors (Lipinski definition) is 1. The highest BCUT2D eigenvalue weighted by Gasteiger charge is 2.28. The fourth-order valence-corrected chi connectivity index (χ4v) is 1.72. The number of ether oxygens (including phenoxy) is 1. The van der Waals surface area contributed by atoms with E-state index in [0.717, 1.165) is 4.62 Å². The lowest BCUT2D eigenvalue weighted by atomic mass is 10.1. The molecule has 16 heavy (non-hydrogen) atoms. The van der Waals surface area contributed by atoms with E-state index in [1.807, 2.05) is 20.8 Å². The van der Waals surface area contributed by atoms with Gasteiger partial charge in [0.15, 0.2) is 0 Å². The van der Waals surface area contributed by atoms with E-state index in [2.05, 4.69) is 21.1 Å². The first-order valence-corrected chi connectivity index (χ1v) is 5.94. The minimum atomic E-state index is -0.669. The maximum atomic E-state index is 11.6. The van der Waals surface area contributed by atoms with Crippen LogP contribution in [0.1, 0.15) is 33.6 Å². The lowest BCUT2D eigenvalue weighted by Gasteiger charge is -2.22. The van der Waals surface area contributed by atoms with E-state index in [9.17, 15) is 4.79 Å². The lowest BCUT2D eigenvalue weighted by Crippen LogP contribution is -2.39. The predicted octanol–water partition coefficient (Wildman–Crippen LogP) is 1.54. The number of rotatable bonds is 3. The Hall–Kier alpha value is -0.620. The summed E-state index contributed by atoms with van der Waals surface area (Å²) in [6.45, 7) is 5.43. The predicted molar refractivity (Wildman–Crippen MR) is 64.3 cm³/mol. The molecule has 5 nitrogen and oxygen atoms in total. The fraction of sp³-hybridized carbons (Fsp3) is 0.800. The van der Waals surface area contributed by atoms with Crippen LogP contribution in [0.2, 0.25) is 0 Å². The van der Waals surface area contributed by atoms with Crippen molar-refractivity contribution < 1.29 is 14.4 Å². The number of carbonyl (C=O) groups excluding carboxylic acids is 1. The number of halogens is 1. The van der Waals surface area contributed by atoms with Crippen LogP contribution >= 0.6 is 15.9 Å². The molecule has 6 heteroatoms. The molecule has 0 aromatic heterocycles. The maximum Gasteiger partial charge on any atom is 0.323 e. The molecule has 1 heterocycles. The molecule has 0 aromatic rings. The summed E-state index contributed by atoms with van der Waals surface area (Å²) < 4.78 is 5.91. The molecule has 1 unspecified atom stereocenters. The van der Waals surface area contributed by atoms with Crippen molar-refractivity contribution in [2.75, 3.05) is 0 Å². The van der Waals surface area contributed by atoms with Crippen molar-refractivity contribution in [3.8, 4) is 0 Å². The molecular formula is C10H17BrN2O3. The van der Waals surface area contributed by atoms with Gasteiger partial charge in [0, 0.05) is 12.8 Å². The zero-order valence-corrected chi connectivity index (χ0v) is 11.3. The Morgan fingerprint density at radius 3 is 2.81 bits per heavy atom. The van der Waals surface area contributed by atoms with Gasteiger partial charge in [-0.3, -0.25) is 4.79 Å². The minimum Gasteiger partial charge on any atom is -0.459 e. The zero-order valence-electron chi connectivity index (χ0n) is 9.70. The van der Waals surface area contributed by atoms with Gasteiger partial charge < -0.3 is 15.3 Å². The number of oxime groups is 1. The first-order chi connectivity index (χ1) is 7.28. The van der Waals surface area contributed by atoms with E-state index < -0.39 is 17.6 Å². The molecule has 92 valence electrons. The van der Waals surface area contributed by atoms with Crippen LogP contribution in [0.25, 0.3) is 0 Å². The first kappa shape index (κ1) is 13.4. The monoisotopic (exact) mass is 292 g/mol. The quantitative estimate of drug-likeness (QED) is 0.801. The minimum absolute atomic E-state index is 0.142.